The number of Topliss-reactive ketones (excluding diaryl/α,β-unsaturated/α-hetero) is 1. The third-order valence-electron chi connectivity index (χ3n) is 2.96. The number of rotatable bonds is 3. The molecule has 1 aromatic carbocycles. The van der Waals surface area contributed by atoms with E-state index in [4.69, 9.17) is 18.9 Å². The van der Waals surface area contributed by atoms with Crippen LogP contribution in [-0.2, 0) is 11.2 Å². The Bertz CT molecular complexity index is 467. The molecule has 1 aromatic rings. The molecule has 0 saturated heterocycles. The van der Waals surface area contributed by atoms with E-state index in [1.54, 1.807) is 20.3 Å². The molecule has 5 heteroatoms. The number of carbonyl (C=O) groups is 1. The second kappa shape index (κ2) is 5.27. The third kappa shape index (κ3) is 2.01. The lowest BCUT2D eigenvalue weighted by molar-refractivity contribution is 0.0788. The molecule has 0 unspecified atom stereocenters. The van der Waals surface area contributed by atoms with Crippen molar-refractivity contribution in [2.24, 2.45) is 0 Å². The third-order valence-corrected chi connectivity index (χ3v) is 2.96. The van der Waals surface area contributed by atoms with E-state index in [9.17, 15) is 4.79 Å². The Kier molecular flexibility index (Phi) is 3.72. The van der Waals surface area contributed by atoms with Crippen molar-refractivity contribution in [1.29, 1.82) is 0 Å². The Labute approximate surface area is 106 Å². The summed E-state index contributed by atoms with van der Waals surface area (Å²) in [5, 5.41) is 0. The van der Waals surface area contributed by atoms with E-state index < -0.39 is 0 Å². The number of hydrogen-bond acceptors (Lipinski definition) is 5. The largest absolute Gasteiger partial charge is 0.493 e. The molecule has 1 heterocycles. The van der Waals surface area contributed by atoms with Gasteiger partial charge in [0.05, 0.1) is 27.9 Å². The van der Waals surface area contributed by atoms with E-state index in [1.165, 1.54) is 7.11 Å². The standard InChI is InChI=1S/C13H16O5/c1-15-11-6-9-8(4-5-18-7-10(9)14)12(16-2)13(11)17-3/h6H,4-5,7H2,1-3H3. The Hall–Kier alpha value is -1.75. The first-order valence-electron chi connectivity index (χ1n) is 5.65. The quantitative estimate of drug-likeness (QED) is 0.815. The molecule has 0 aliphatic carbocycles. The van der Waals surface area contributed by atoms with Crippen molar-refractivity contribution in [2.75, 3.05) is 34.5 Å². The van der Waals surface area contributed by atoms with Crippen molar-refractivity contribution in [3.05, 3.63) is 17.2 Å². The molecule has 0 amide bonds. The monoisotopic (exact) mass is 252 g/mol. The van der Waals surface area contributed by atoms with Crippen molar-refractivity contribution >= 4 is 5.78 Å². The number of carbonyl (C=O) groups excluding carboxylic acids is 1. The van der Waals surface area contributed by atoms with Crippen molar-refractivity contribution in [2.45, 2.75) is 6.42 Å². The first-order valence-corrected chi connectivity index (χ1v) is 5.65. The number of hydrogen-bond donors (Lipinski definition) is 0. The zero-order chi connectivity index (χ0) is 13.1. The lowest BCUT2D eigenvalue weighted by Crippen LogP contribution is -2.08. The maximum atomic E-state index is 12.0. The molecule has 0 atom stereocenters. The minimum atomic E-state index is -0.0678. The number of ketones is 1. The van der Waals surface area contributed by atoms with E-state index in [0.717, 1.165) is 5.56 Å². The van der Waals surface area contributed by atoms with Crippen molar-refractivity contribution in [1.82, 2.24) is 0 Å². The van der Waals surface area contributed by atoms with Gasteiger partial charge in [-0.05, 0) is 6.07 Å². The maximum Gasteiger partial charge on any atom is 0.203 e. The Morgan fingerprint density at radius 3 is 2.44 bits per heavy atom. The second-order valence-electron chi connectivity index (χ2n) is 3.90. The summed E-state index contributed by atoms with van der Waals surface area (Å²) in [4.78, 5) is 12.0. The Balaban J connectivity index is 2.67. The summed E-state index contributed by atoms with van der Waals surface area (Å²) in [6, 6.07) is 1.69. The lowest BCUT2D eigenvalue weighted by atomic mass is 9.99. The van der Waals surface area contributed by atoms with Crippen molar-refractivity contribution in [3.63, 3.8) is 0 Å². The zero-order valence-corrected chi connectivity index (χ0v) is 10.7. The highest BCUT2D eigenvalue weighted by Crippen LogP contribution is 2.42. The fourth-order valence-corrected chi connectivity index (χ4v) is 2.13. The summed E-state index contributed by atoms with van der Waals surface area (Å²) in [5.41, 5.74) is 1.40. The zero-order valence-electron chi connectivity index (χ0n) is 10.7. The minimum Gasteiger partial charge on any atom is -0.493 e. The molecule has 1 aliphatic rings. The van der Waals surface area contributed by atoms with E-state index in [2.05, 4.69) is 0 Å². The first-order chi connectivity index (χ1) is 8.72. The molecular weight excluding hydrogens is 236 g/mol. The molecule has 0 spiro atoms. The van der Waals surface area contributed by atoms with Gasteiger partial charge in [0.1, 0.15) is 6.61 Å². The highest BCUT2D eigenvalue weighted by molar-refractivity contribution is 6.00. The average molecular weight is 252 g/mol. The van der Waals surface area contributed by atoms with Gasteiger partial charge < -0.3 is 18.9 Å². The van der Waals surface area contributed by atoms with E-state index in [-0.39, 0.29) is 12.4 Å². The first kappa shape index (κ1) is 12.7. The molecule has 0 aromatic heterocycles. The predicted molar refractivity (Wildman–Crippen MR) is 65.0 cm³/mol. The number of ether oxygens (including phenoxy) is 4. The van der Waals surface area contributed by atoms with E-state index in [0.29, 0.717) is 35.8 Å². The number of fused-ring (bicyclic) bond motifs is 1. The van der Waals surface area contributed by atoms with Crippen LogP contribution < -0.4 is 14.2 Å². The van der Waals surface area contributed by atoms with Crippen LogP contribution in [0.15, 0.2) is 6.07 Å². The summed E-state index contributed by atoms with van der Waals surface area (Å²) in [7, 11) is 4.62. The summed E-state index contributed by atoms with van der Waals surface area (Å²) in [5.74, 6) is 1.48. The second-order valence-corrected chi connectivity index (χ2v) is 3.90. The summed E-state index contributed by atoms with van der Waals surface area (Å²) in [6.07, 6.45) is 0.616. The maximum absolute atomic E-state index is 12.0. The smallest absolute Gasteiger partial charge is 0.203 e. The fourth-order valence-electron chi connectivity index (χ4n) is 2.13. The predicted octanol–water partition coefficient (Wildman–Crippen LogP) is 1.47. The van der Waals surface area contributed by atoms with Crippen LogP contribution in [0.4, 0.5) is 0 Å². The molecular formula is C13H16O5. The average Bonchev–Trinajstić information content (AvgIpc) is 2.58. The molecule has 98 valence electrons. The molecule has 18 heavy (non-hydrogen) atoms. The van der Waals surface area contributed by atoms with Crippen LogP contribution in [0.2, 0.25) is 0 Å². The van der Waals surface area contributed by atoms with Gasteiger partial charge in [-0.15, -0.1) is 0 Å². The van der Waals surface area contributed by atoms with Crippen LogP contribution in [0, 0.1) is 0 Å². The van der Waals surface area contributed by atoms with Crippen LogP contribution in [0.3, 0.4) is 0 Å². The highest BCUT2D eigenvalue weighted by Gasteiger charge is 2.25. The fraction of sp³-hybridized carbons (Fsp3) is 0.462. The highest BCUT2D eigenvalue weighted by atomic mass is 16.5. The molecule has 0 bridgehead atoms. The van der Waals surface area contributed by atoms with Crippen molar-refractivity contribution < 1.29 is 23.7 Å². The van der Waals surface area contributed by atoms with Gasteiger partial charge >= 0.3 is 0 Å². The van der Waals surface area contributed by atoms with Crippen LogP contribution in [0.25, 0.3) is 0 Å². The summed E-state index contributed by atoms with van der Waals surface area (Å²) in [6.45, 7) is 0.580. The van der Waals surface area contributed by atoms with E-state index >= 15 is 0 Å². The SMILES string of the molecule is COc1cc2c(c(OC)c1OC)CCOCC2=O. The molecule has 0 radical (unpaired) electrons. The summed E-state index contributed by atoms with van der Waals surface area (Å²) >= 11 is 0. The minimum absolute atomic E-state index is 0.0678. The van der Waals surface area contributed by atoms with Gasteiger partial charge in [-0.25, -0.2) is 0 Å². The molecule has 0 N–H and O–H groups in total. The van der Waals surface area contributed by atoms with Gasteiger partial charge in [-0.2, -0.15) is 0 Å². The van der Waals surface area contributed by atoms with E-state index in [1.807, 2.05) is 0 Å². The van der Waals surface area contributed by atoms with Crippen LogP contribution in [0.5, 0.6) is 17.2 Å². The van der Waals surface area contributed by atoms with Crippen LogP contribution in [0.1, 0.15) is 15.9 Å². The topological polar surface area (TPSA) is 54.0 Å². The molecule has 0 fully saturated rings. The lowest BCUT2D eigenvalue weighted by Gasteiger charge is -2.17. The number of methoxy groups -OCH3 is 3. The normalized spacial score (nSPS) is 14.7. The molecule has 0 saturated carbocycles. The van der Waals surface area contributed by atoms with Gasteiger partial charge in [0, 0.05) is 17.5 Å². The van der Waals surface area contributed by atoms with Gasteiger partial charge in [0.25, 0.3) is 0 Å². The molecule has 1 aliphatic heterocycles. The number of benzene rings is 1. The van der Waals surface area contributed by atoms with Gasteiger partial charge in [0.2, 0.25) is 5.75 Å². The molecule has 2 rings (SSSR count). The van der Waals surface area contributed by atoms with Gasteiger partial charge in [-0.3, -0.25) is 4.79 Å². The van der Waals surface area contributed by atoms with Crippen LogP contribution >= 0.6 is 0 Å². The molecule has 5 nitrogen and oxygen atoms in total. The Morgan fingerprint density at radius 1 is 1.11 bits per heavy atom. The van der Waals surface area contributed by atoms with Gasteiger partial charge in [0.15, 0.2) is 17.3 Å². The Morgan fingerprint density at radius 2 is 1.83 bits per heavy atom. The van der Waals surface area contributed by atoms with Crippen molar-refractivity contribution in [3.8, 4) is 17.2 Å². The summed E-state index contributed by atoms with van der Waals surface area (Å²) < 4.78 is 21.2. The van der Waals surface area contributed by atoms with Crippen LogP contribution in [-0.4, -0.2) is 40.3 Å². The van der Waals surface area contributed by atoms with Gasteiger partial charge in [-0.1, -0.05) is 0 Å².